The van der Waals surface area contributed by atoms with Gasteiger partial charge in [0.25, 0.3) is 0 Å². The number of aliphatic hydroxyl groups excluding tert-OH is 1. The number of amides is 2. The lowest BCUT2D eigenvalue weighted by atomic mass is 10.1. The molecule has 2 aromatic carbocycles. The monoisotopic (exact) mass is 356 g/mol. The molecule has 2 amide bonds. The minimum atomic E-state index is -0.415. The molecule has 0 fully saturated rings. The maximum Gasteiger partial charge on any atom is 0.338 e. The van der Waals surface area contributed by atoms with Gasteiger partial charge in [-0.25, -0.2) is 9.59 Å². The van der Waals surface area contributed by atoms with Gasteiger partial charge in [0.05, 0.1) is 24.8 Å². The van der Waals surface area contributed by atoms with E-state index < -0.39 is 6.03 Å². The van der Waals surface area contributed by atoms with Crippen LogP contribution in [0.3, 0.4) is 0 Å². The van der Waals surface area contributed by atoms with Gasteiger partial charge in [-0.1, -0.05) is 37.3 Å². The number of carbonyl (C=O) groups is 2. The first-order valence-corrected chi connectivity index (χ1v) is 8.62. The summed E-state index contributed by atoms with van der Waals surface area (Å²) in [5, 5.41) is 14.9. The third kappa shape index (κ3) is 6.22. The summed E-state index contributed by atoms with van der Waals surface area (Å²) in [5.41, 5.74) is 2.01. The van der Waals surface area contributed by atoms with Crippen molar-refractivity contribution < 1.29 is 19.4 Å². The Hall–Kier alpha value is -2.86. The molecule has 2 aromatic rings. The third-order valence-corrected chi connectivity index (χ3v) is 3.70. The van der Waals surface area contributed by atoms with Crippen LogP contribution in [0.25, 0.3) is 0 Å². The van der Waals surface area contributed by atoms with E-state index in [9.17, 15) is 14.7 Å². The van der Waals surface area contributed by atoms with E-state index in [0.717, 1.165) is 12.0 Å². The number of nitrogens with one attached hydrogen (secondary N) is 2. The summed E-state index contributed by atoms with van der Waals surface area (Å²) in [6.07, 6.45) is 1.30. The van der Waals surface area contributed by atoms with Crippen molar-refractivity contribution in [3.05, 3.63) is 65.7 Å². The lowest BCUT2D eigenvalue weighted by Gasteiger charge is -2.17. The zero-order valence-electron chi connectivity index (χ0n) is 14.8. The van der Waals surface area contributed by atoms with Crippen LogP contribution >= 0.6 is 0 Å². The highest BCUT2D eigenvalue weighted by molar-refractivity contribution is 5.92. The second kappa shape index (κ2) is 10.2. The molecule has 0 spiro atoms. The molecule has 6 heteroatoms. The van der Waals surface area contributed by atoms with Crippen LogP contribution in [0, 0.1) is 0 Å². The largest absolute Gasteiger partial charge is 0.462 e. The predicted molar refractivity (Wildman–Crippen MR) is 100 cm³/mol. The first kappa shape index (κ1) is 19.5. The summed E-state index contributed by atoms with van der Waals surface area (Å²) >= 11 is 0. The van der Waals surface area contributed by atoms with Crippen molar-refractivity contribution in [1.82, 2.24) is 5.32 Å². The van der Waals surface area contributed by atoms with E-state index in [1.807, 2.05) is 37.3 Å². The summed E-state index contributed by atoms with van der Waals surface area (Å²) in [4.78, 5) is 23.9. The van der Waals surface area contributed by atoms with Crippen LogP contribution in [0.15, 0.2) is 54.6 Å². The maximum absolute atomic E-state index is 12.1. The number of benzene rings is 2. The van der Waals surface area contributed by atoms with E-state index in [0.29, 0.717) is 24.3 Å². The molecule has 0 aliphatic carbocycles. The Kier molecular flexibility index (Phi) is 7.64. The third-order valence-electron chi connectivity index (χ3n) is 3.70. The Balaban J connectivity index is 1.87. The summed E-state index contributed by atoms with van der Waals surface area (Å²) in [6.45, 7) is 2.14. The van der Waals surface area contributed by atoms with Crippen molar-refractivity contribution in [3.63, 3.8) is 0 Å². The molecule has 0 radical (unpaired) electrons. The van der Waals surface area contributed by atoms with Crippen LogP contribution in [0.2, 0.25) is 0 Å². The van der Waals surface area contributed by atoms with Crippen LogP contribution in [0.5, 0.6) is 0 Å². The molecule has 0 aliphatic heterocycles. The van der Waals surface area contributed by atoms with Gasteiger partial charge in [-0.3, -0.25) is 0 Å². The van der Waals surface area contributed by atoms with Gasteiger partial charge in [0.15, 0.2) is 0 Å². The minimum Gasteiger partial charge on any atom is -0.462 e. The Morgan fingerprint density at radius 1 is 1.08 bits per heavy atom. The van der Waals surface area contributed by atoms with Gasteiger partial charge in [0.2, 0.25) is 0 Å². The van der Waals surface area contributed by atoms with E-state index in [-0.39, 0.29) is 18.6 Å². The first-order chi connectivity index (χ1) is 12.6. The molecule has 0 aromatic heterocycles. The fraction of sp³-hybridized carbons (Fsp3) is 0.300. The zero-order valence-corrected chi connectivity index (χ0v) is 14.8. The molecule has 6 nitrogen and oxygen atoms in total. The van der Waals surface area contributed by atoms with Gasteiger partial charge >= 0.3 is 12.0 Å². The molecule has 0 bridgehead atoms. The number of hydrogen-bond acceptors (Lipinski definition) is 4. The molecular weight excluding hydrogens is 332 g/mol. The topological polar surface area (TPSA) is 87.7 Å². The summed E-state index contributed by atoms with van der Waals surface area (Å²) in [5.74, 6) is -0.383. The van der Waals surface area contributed by atoms with Crippen LogP contribution in [0.1, 0.15) is 29.3 Å². The van der Waals surface area contributed by atoms with Crippen molar-refractivity contribution in [2.24, 2.45) is 0 Å². The van der Waals surface area contributed by atoms with Crippen LogP contribution in [-0.2, 0) is 11.2 Å². The zero-order chi connectivity index (χ0) is 18.8. The van der Waals surface area contributed by atoms with E-state index >= 15 is 0 Å². The summed E-state index contributed by atoms with van der Waals surface area (Å²) in [7, 11) is 0. The summed E-state index contributed by atoms with van der Waals surface area (Å²) in [6, 6.07) is 15.3. The smallest absolute Gasteiger partial charge is 0.338 e. The fourth-order valence-electron chi connectivity index (χ4n) is 2.38. The van der Waals surface area contributed by atoms with Crippen LogP contribution in [-0.4, -0.2) is 36.4 Å². The van der Waals surface area contributed by atoms with Gasteiger partial charge in [-0.15, -0.1) is 0 Å². The van der Waals surface area contributed by atoms with E-state index in [4.69, 9.17) is 4.74 Å². The highest BCUT2D eigenvalue weighted by Crippen LogP contribution is 2.11. The highest BCUT2D eigenvalue weighted by atomic mass is 16.5. The van der Waals surface area contributed by atoms with Crippen molar-refractivity contribution in [2.75, 3.05) is 18.5 Å². The standard InChI is InChI=1S/C20H24N2O4/c1-2-12-26-19(24)16-8-10-17(11-9-16)21-20(25)22-18(14-23)13-15-6-4-3-5-7-15/h3-11,18,23H,2,12-14H2,1H3,(H2,21,22,25). The first-order valence-electron chi connectivity index (χ1n) is 8.62. The SMILES string of the molecule is CCCOC(=O)c1ccc(NC(=O)NC(CO)Cc2ccccc2)cc1. The van der Waals surface area contributed by atoms with Crippen molar-refractivity contribution >= 4 is 17.7 Å². The van der Waals surface area contributed by atoms with Gasteiger partial charge < -0.3 is 20.5 Å². The fourth-order valence-corrected chi connectivity index (χ4v) is 2.38. The Morgan fingerprint density at radius 3 is 2.38 bits per heavy atom. The predicted octanol–water partition coefficient (Wildman–Crippen LogP) is 2.98. The molecule has 138 valence electrons. The molecule has 3 N–H and O–H groups in total. The molecule has 26 heavy (non-hydrogen) atoms. The van der Waals surface area contributed by atoms with Crippen molar-refractivity contribution in [2.45, 2.75) is 25.8 Å². The van der Waals surface area contributed by atoms with Crippen LogP contribution < -0.4 is 10.6 Å². The second-order valence-corrected chi connectivity index (χ2v) is 5.88. The highest BCUT2D eigenvalue weighted by Gasteiger charge is 2.13. The van der Waals surface area contributed by atoms with Gasteiger partial charge in [-0.05, 0) is 42.7 Å². The van der Waals surface area contributed by atoms with Gasteiger partial charge in [0.1, 0.15) is 0 Å². The Bertz CT molecular complexity index is 702. The number of rotatable bonds is 8. The molecule has 1 atom stereocenters. The number of ether oxygens (including phenoxy) is 1. The molecule has 0 saturated carbocycles. The van der Waals surface area contributed by atoms with E-state index in [1.165, 1.54) is 0 Å². The normalized spacial score (nSPS) is 11.5. The molecule has 0 heterocycles. The average Bonchev–Trinajstić information content (AvgIpc) is 2.67. The van der Waals surface area contributed by atoms with E-state index in [1.54, 1.807) is 24.3 Å². The molecule has 0 saturated heterocycles. The van der Waals surface area contributed by atoms with Crippen molar-refractivity contribution in [3.8, 4) is 0 Å². The Labute approximate surface area is 153 Å². The number of anilines is 1. The number of carbonyl (C=O) groups excluding carboxylic acids is 2. The Morgan fingerprint density at radius 2 is 1.77 bits per heavy atom. The number of urea groups is 1. The average molecular weight is 356 g/mol. The summed E-state index contributed by atoms with van der Waals surface area (Å²) < 4.78 is 5.06. The molecular formula is C20H24N2O4. The number of esters is 1. The van der Waals surface area contributed by atoms with Gasteiger partial charge in [-0.2, -0.15) is 0 Å². The maximum atomic E-state index is 12.1. The molecule has 2 rings (SSSR count). The minimum absolute atomic E-state index is 0.162. The van der Waals surface area contributed by atoms with E-state index in [2.05, 4.69) is 10.6 Å². The lowest BCUT2D eigenvalue weighted by molar-refractivity contribution is 0.0505. The van der Waals surface area contributed by atoms with Crippen molar-refractivity contribution in [1.29, 1.82) is 0 Å². The van der Waals surface area contributed by atoms with Crippen LogP contribution in [0.4, 0.5) is 10.5 Å². The number of aliphatic hydroxyl groups is 1. The second-order valence-electron chi connectivity index (χ2n) is 5.88. The molecule has 1 unspecified atom stereocenters. The molecule has 0 aliphatic rings. The number of hydrogen-bond donors (Lipinski definition) is 3. The lowest BCUT2D eigenvalue weighted by Crippen LogP contribution is -2.41. The quantitative estimate of drug-likeness (QED) is 0.635. The van der Waals surface area contributed by atoms with Gasteiger partial charge in [0, 0.05) is 5.69 Å².